The maximum atomic E-state index is 5.94. The van der Waals surface area contributed by atoms with Crippen molar-refractivity contribution in [3.05, 3.63) is 42.4 Å². The molecular formula is C11H11N3. The van der Waals surface area contributed by atoms with Crippen LogP contribution in [0.3, 0.4) is 0 Å². The highest BCUT2D eigenvalue weighted by Gasteiger charge is 2.07. The molecule has 3 rings (SSSR count). The average molecular weight is 185 g/mol. The van der Waals surface area contributed by atoms with Crippen LogP contribution >= 0.6 is 0 Å². The van der Waals surface area contributed by atoms with E-state index in [-0.39, 0.29) is 0 Å². The predicted octanol–water partition coefficient (Wildman–Crippen LogP) is 1.92. The van der Waals surface area contributed by atoms with Crippen molar-refractivity contribution < 1.29 is 0 Å². The fourth-order valence-electron chi connectivity index (χ4n) is 1.95. The predicted molar refractivity (Wildman–Crippen MR) is 57.8 cm³/mol. The molecule has 0 saturated carbocycles. The highest BCUT2D eigenvalue weighted by Crippen LogP contribution is 2.22. The molecule has 0 unspecified atom stereocenters. The van der Waals surface area contributed by atoms with Crippen LogP contribution in [0.5, 0.6) is 0 Å². The third kappa shape index (κ3) is 0.763. The van der Waals surface area contributed by atoms with Gasteiger partial charge in [-0.25, -0.2) is 4.68 Å². The van der Waals surface area contributed by atoms with E-state index >= 15 is 0 Å². The topological polar surface area (TPSA) is 35.4 Å². The first-order valence-electron chi connectivity index (χ1n) is 4.60. The second-order valence-electron chi connectivity index (χ2n) is 3.59. The lowest BCUT2D eigenvalue weighted by atomic mass is 10.2. The number of aromatic nitrogens is 2. The number of nitrogens with two attached hydrogens (primary N) is 1. The molecule has 3 heteroatoms. The van der Waals surface area contributed by atoms with E-state index in [0.29, 0.717) is 0 Å². The minimum absolute atomic E-state index is 1.05. The van der Waals surface area contributed by atoms with Crippen LogP contribution in [0.1, 0.15) is 5.69 Å². The Kier molecular flexibility index (Phi) is 1.24. The molecule has 70 valence electrons. The van der Waals surface area contributed by atoms with Gasteiger partial charge < -0.3 is 10.2 Å². The van der Waals surface area contributed by atoms with Gasteiger partial charge in [-0.2, -0.15) is 0 Å². The molecule has 0 aliphatic heterocycles. The molecule has 0 fully saturated rings. The Labute approximate surface area is 81.3 Å². The lowest BCUT2D eigenvalue weighted by molar-refractivity contribution is 1.000. The standard InChI is InChI=1S/C11H11N3/c1-8-6-13-7-9-4-2-3-5-10(9)11(13)14(8)12/h2-7H,12H2,1H3. The van der Waals surface area contributed by atoms with Gasteiger partial charge in [-0.15, -0.1) is 0 Å². The van der Waals surface area contributed by atoms with E-state index in [1.54, 1.807) is 4.68 Å². The Morgan fingerprint density at radius 2 is 1.93 bits per heavy atom. The molecule has 2 heterocycles. The average Bonchev–Trinajstić information content (AvgIpc) is 2.65. The first kappa shape index (κ1) is 7.50. The Balaban J connectivity index is 2.62. The van der Waals surface area contributed by atoms with Crippen LogP contribution in [0.15, 0.2) is 36.7 Å². The first-order chi connectivity index (χ1) is 6.77. The number of aryl methyl sites for hydroxylation is 1. The summed E-state index contributed by atoms with van der Waals surface area (Å²) in [6, 6.07) is 8.26. The van der Waals surface area contributed by atoms with Gasteiger partial charge in [0.25, 0.3) is 0 Å². The molecule has 2 N–H and O–H groups in total. The van der Waals surface area contributed by atoms with Gasteiger partial charge in [0.05, 0.1) is 5.69 Å². The van der Waals surface area contributed by atoms with E-state index in [1.807, 2.05) is 25.3 Å². The summed E-state index contributed by atoms with van der Waals surface area (Å²) in [5.41, 5.74) is 2.11. The minimum Gasteiger partial charge on any atom is -0.337 e. The molecule has 14 heavy (non-hydrogen) atoms. The van der Waals surface area contributed by atoms with E-state index in [2.05, 4.69) is 22.7 Å². The Hall–Kier alpha value is -1.90. The molecular weight excluding hydrogens is 174 g/mol. The number of rotatable bonds is 0. The lowest BCUT2D eigenvalue weighted by Gasteiger charge is -1.96. The minimum atomic E-state index is 1.05. The summed E-state index contributed by atoms with van der Waals surface area (Å²) in [6.45, 7) is 2.00. The molecule has 0 aliphatic carbocycles. The van der Waals surface area contributed by atoms with Gasteiger partial charge in [-0.05, 0) is 6.92 Å². The second kappa shape index (κ2) is 2.32. The maximum absolute atomic E-state index is 5.94. The Bertz CT molecular complexity index is 616. The zero-order chi connectivity index (χ0) is 9.71. The molecule has 0 bridgehead atoms. The van der Waals surface area contributed by atoms with Crippen molar-refractivity contribution in [1.82, 2.24) is 9.08 Å². The van der Waals surface area contributed by atoms with Crippen LogP contribution in [0.2, 0.25) is 0 Å². The van der Waals surface area contributed by atoms with Crippen LogP contribution in [0.25, 0.3) is 16.4 Å². The first-order valence-corrected chi connectivity index (χ1v) is 4.60. The molecule has 0 atom stereocenters. The van der Waals surface area contributed by atoms with E-state index in [4.69, 9.17) is 5.84 Å². The third-order valence-corrected chi connectivity index (χ3v) is 2.66. The number of nitrogen functional groups attached to an aromatic ring is 1. The summed E-state index contributed by atoms with van der Waals surface area (Å²) in [5, 5.41) is 2.42. The maximum Gasteiger partial charge on any atom is 0.143 e. The van der Waals surface area contributed by atoms with E-state index in [1.165, 1.54) is 10.8 Å². The normalized spacial score (nSPS) is 11.5. The molecule has 0 radical (unpaired) electrons. The molecule has 2 aromatic heterocycles. The van der Waals surface area contributed by atoms with Crippen LogP contribution in [0, 0.1) is 6.92 Å². The van der Waals surface area contributed by atoms with Crippen molar-refractivity contribution >= 4 is 16.4 Å². The Morgan fingerprint density at radius 3 is 2.79 bits per heavy atom. The Morgan fingerprint density at radius 1 is 1.14 bits per heavy atom. The summed E-state index contributed by atoms with van der Waals surface area (Å²) >= 11 is 0. The highest BCUT2D eigenvalue weighted by atomic mass is 15.3. The number of hydrogen-bond donors (Lipinski definition) is 1. The smallest absolute Gasteiger partial charge is 0.143 e. The molecule has 0 amide bonds. The SMILES string of the molecule is Cc1cn2cc3ccccc3c2n1N. The van der Waals surface area contributed by atoms with Crippen molar-refractivity contribution in [2.75, 3.05) is 5.84 Å². The summed E-state index contributed by atoms with van der Waals surface area (Å²) in [6.07, 6.45) is 4.14. The molecule has 0 aliphatic rings. The second-order valence-corrected chi connectivity index (χ2v) is 3.59. The van der Waals surface area contributed by atoms with Crippen molar-refractivity contribution in [2.45, 2.75) is 6.92 Å². The van der Waals surface area contributed by atoms with Crippen LogP contribution < -0.4 is 5.84 Å². The monoisotopic (exact) mass is 185 g/mol. The van der Waals surface area contributed by atoms with Gasteiger partial charge in [-0.1, -0.05) is 24.3 Å². The van der Waals surface area contributed by atoms with Crippen LogP contribution in [-0.2, 0) is 0 Å². The fraction of sp³-hybridized carbons (Fsp3) is 0.0909. The number of nitrogens with zero attached hydrogens (tertiary/aromatic N) is 2. The van der Waals surface area contributed by atoms with Crippen molar-refractivity contribution in [1.29, 1.82) is 0 Å². The van der Waals surface area contributed by atoms with Crippen LogP contribution in [-0.4, -0.2) is 9.08 Å². The van der Waals surface area contributed by atoms with Gasteiger partial charge in [0, 0.05) is 23.2 Å². The van der Waals surface area contributed by atoms with Gasteiger partial charge in [-0.3, -0.25) is 0 Å². The number of imidazole rings is 1. The molecule has 3 aromatic rings. The zero-order valence-electron chi connectivity index (χ0n) is 7.94. The zero-order valence-corrected chi connectivity index (χ0v) is 7.94. The van der Waals surface area contributed by atoms with Gasteiger partial charge in [0.15, 0.2) is 0 Å². The lowest BCUT2D eigenvalue weighted by Crippen LogP contribution is -2.09. The number of hydrogen-bond acceptors (Lipinski definition) is 1. The number of fused-ring (bicyclic) bond motifs is 3. The van der Waals surface area contributed by atoms with Crippen molar-refractivity contribution in [2.24, 2.45) is 0 Å². The summed E-state index contributed by atoms with van der Waals surface area (Å²) in [5.74, 6) is 5.94. The van der Waals surface area contributed by atoms with E-state index < -0.39 is 0 Å². The van der Waals surface area contributed by atoms with Crippen LogP contribution in [0.4, 0.5) is 0 Å². The fourth-order valence-corrected chi connectivity index (χ4v) is 1.95. The summed E-state index contributed by atoms with van der Waals surface area (Å²) < 4.78 is 3.79. The summed E-state index contributed by atoms with van der Waals surface area (Å²) in [4.78, 5) is 0. The molecule has 3 nitrogen and oxygen atoms in total. The van der Waals surface area contributed by atoms with Gasteiger partial charge in [0.1, 0.15) is 5.65 Å². The van der Waals surface area contributed by atoms with Gasteiger partial charge >= 0.3 is 0 Å². The third-order valence-electron chi connectivity index (χ3n) is 2.66. The van der Waals surface area contributed by atoms with E-state index in [0.717, 1.165) is 11.3 Å². The highest BCUT2D eigenvalue weighted by molar-refractivity contribution is 5.95. The number of benzene rings is 1. The molecule has 0 spiro atoms. The largest absolute Gasteiger partial charge is 0.337 e. The summed E-state index contributed by atoms with van der Waals surface area (Å²) in [7, 11) is 0. The van der Waals surface area contributed by atoms with Crippen molar-refractivity contribution in [3.63, 3.8) is 0 Å². The molecule has 1 aromatic carbocycles. The van der Waals surface area contributed by atoms with E-state index in [9.17, 15) is 0 Å². The molecule has 0 saturated heterocycles. The van der Waals surface area contributed by atoms with Gasteiger partial charge in [0.2, 0.25) is 0 Å². The van der Waals surface area contributed by atoms with Crippen molar-refractivity contribution in [3.8, 4) is 0 Å². The quantitative estimate of drug-likeness (QED) is 0.533.